The molecule has 0 fully saturated rings. The van der Waals surface area contributed by atoms with Gasteiger partial charge in [0, 0.05) is 12.1 Å². The van der Waals surface area contributed by atoms with E-state index in [2.05, 4.69) is 22.9 Å². The third-order valence-electron chi connectivity index (χ3n) is 6.56. The summed E-state index contributed by atoms with van der Waals surface area (Å²) in [6.07, 6.45) is 18.7. The molecule has 0 aliphatic heterocycles. The second-order valence-corrected chi connectivity index (χ2v) is 12.9. The zero-order valence-corrected chi connectivity index (χ0v) is 26.2. The van der Waals surface area contributed by atoms with Gasteiger partial charge in [-0.1, -0.05) is 144 Å². The van der Waals surface area contributed by atoms with Crippen LogP contribution in [0.5, 0.6) is 0 Å². The van der Waals surface area contributed by atoms with Gasteiger partial charge in [0.05, 0.1) is 0 Å². The van der Waals surface area contributed by atoms with E-state index in [0.717, 1.165) is 36.1 Å². The fourth-order valence-electron chi connectivity index (χ4n) is 4.25. The summed E-state index contributed by atoms with van der Waals surface area (Å²) in [5.41, 5.74) is 3.01. The van der Waals surface area contributed by atoms with Crippen molar-refractivity contribution in [3.05, 3.63) is 29.3 Å². The molecule has 0 aliphatic carbocycles. The smallest absolute Gasteiger partial charge is 0.228 e. The number of aryl methyl sites for hydroxylation is 2. The topological polar surface area (TPSA) is 53.2 Å². The van der Waals surface area contributed by atoms with Gasteiger partial charge in [0.15, 0.2) is 5.11 Å². The van der Waals surface area contributed by atoms with E-state index in [1.807, 2.05) is 32.0 Å². The van der Waals surface area contributed by atoms with Crippen LogP contribution in [-0.4, -0.2) is 21.0 Å². The standard InChI is InChI=1S/C29H48Cl3N3OS/c1-4-5-6-7-8-9-10-11-12-13-14-15-16-17-18-19-26(36)34-27(29(30,31)32)35-28(37)33-25-22-23(2)20-21-24(25)3/h20-22,27H,4-19H2,1-3H3,(H,34,36)(H2,33,35,37). The number of nitrogens with one attached hydrogen (secondary N) is 3. The van der Waals surface area contributed by atoms with E-state index in [1.54, 1.807) is 0 Å². The summed E-state index contributed by atoms with van der Waals surface area (Å²) < 4.78 is -1.75. The molecule has 0 bridgehead atoms. The van der Waals surface area contributed by atoms with Crippen LogP contribution in [0.15, 0.2) is 18.2 Å². The number of carbonyl (C=O) groups is 1. The van der Waals surface area contributed by atoms with Crippen molar-refractivity contribution in [3.8, 4) is 0 Å². The molecule has 1 aromatic rings. The molecular weight excluding hydrogens is 545 g/mol. The molecule has 0 aromatic heterocycles. The Bertz CT molecular complexity index is 786. The van der Waals surface area contributed by atoms with Crippen molar-refractivity contribution in [2.24, 2.45) is 0 Å². The molecule has 1 amide bonds. The third-order valence-corrected chi connectivity index (χ3v) is 7.43. The van der Waals surface area contributed by atoms with Crippen molar-refractivity contribution in [1.82, 2.24) is 10.6 Å². The maximum atomic E-state index is 12.5. The van der Waals surface area contributed by atoms with Crippen LogP contribution in [-0.2, 0) is 4.79 Å². The molecule has 0 saturated heterocycles. The van der Waals surface area contributed by atoms with Crippen molar-refractivity contribution in [2.45, 2.75) is 133 Å². The predicted molar refractivity (Wildman–Crippen MR) is 167 cm³/mol. The van der Waals surface area contributed by atoms with Crippen LogP contribution < -0.4 is 16.0 Å². The Labute approximate surface area is 246 Å². The maximum absolute atomic E-state index is 12.5. The molecule has 1 atom stereocenters. The van der Waals surface area contributed by atoms with E-state index in [0.29, 0.717) is 6.42 Å². The summed E-state index contributed by atoms with van der Waals surface area (Å²) in [4.78, 5) is 12.5. The van der Waals surface area contributed by atoms with Gasteiger partial charge in [-0.05, 0) is 49.7 Å². The lowest BCUT2D eigenvalue weighted by molar-refractivity contribution is -0.122. The van der Waals surface area contributed by atoms with Crippen LogP contribution >= 0.6 is 47.0 Å². The number of hydrogen-bond acceptors (Lipinski definition) is 2. The van der Waals surface area contributed by atoms with Gasteiger partial charge < -0.3 is 16.0 Å². The summed E-state index contributed by atoms with van der Waals surface area (Å²) >= 11 is 23.7. The minimum absolute atomic E-state index is 0.159. The maximum Gasteiger partial charge on any atom is 0.228 e. The van der Waals surface area contributed by atoms with E-state index in [9.17, 15) is 4.79 Å². The second kappa shape index (κ2) is 20.2. The van der Waals surface area contributed by atoms with E-state index >= 15 is 0 Å². The molecule has 8 heteroatoms. The van der Waals surface area contributed by atoms with E-state index in [4.69, 9.17) is 47.0 Å². The minimum atomic E-state index is -1.75. The first-order chi connectivity index (χ1) is 17.6. The molecular formula is C29H48Cl3N3OS. The summed E-state index contributed by atoms with van der Waals surface area (Å²) in [7, 11) is 0. The van der Waals surface area contributed by atoms with Gasteiger partial charge in [-0.15, -0.1) is 0 Å². The molecule has 1 aromatic carbocycles. The average Bonchev–Trinajstić information content (AvgIpc) is 2.83. The number of alkyl halides is 3. The molecule has 0 aliphatic rings. The number of benzene rings is 1. The lowest BCUT2D eigenvalue weighted by Crippen LogP contribution is -2.56. The quantitative estimate of drug-likeness (QED) is 0.0648. The highest BCUT2D eigenvalue weighted by atomic mass is 35.6. The van der Waals surface area contributed by atoms with Crippen molar-refractivity contribution >= 4 is 63.7 Å². The monoisotopic (exact) mass is 591 g/mol. The highest BCUT2D eigenvalue weighted by Gasteiger charge is 2.34. The predicted octanol–water partition coefficient (Wildman–Crippen LogP) is 9.66. The van der Waals surface area contributed by atoms with Crippen LogP contribution in [0.1, 0.15) is 121 Å². The molecule has 212 valence electrons. The fraction of sp³-hybridized carbons (Fsp3) is 0.724. The van der Waals surface area contributed by atoms with Crippen LogP contribution in [0.4, 0.5) is 5.69 Å². The Kier molecular flexibility index (Phi) is 18.7. The highest BCUT2D eigenvalue weighted by molar-refractivity contribution is 7.80. The van der Waals surface area contributed by atoms with Gasteiger partial charge in [0.25, 0.3) is 0 Å². The van der Waals surface area contributed by atoms with Crippen molar-refractivity contribution in [2.75, 3.05) is 5.32 Å². The molecule has 37 heavy (non-hydrogen) atoms. The molecule has 0 saturated carbocycles. The first-order valence-corrected chi connectivity index (χ1v) is 15.7. The van der Waals surface area contributed by atoms with Gasteiger partial charge >= 0.3 is 0 Å². The summed E-state index contributed by atoms with van der Waals surface area (Å²) in [6, 6.07) is 6.02. The van der Waals surface area contributed by atoms with Gasteiger partial charge in [-0.25, -0.2) is 0 Å². The third kappa shape index (κ3) is 17.5. The van der Waals surface area contributed by atoms with Gasteiger partial charge in [-0.2, -0.15) is 0 Å². The zero-order valence-electron chi connectivity index (χ0n) is 23.1. The minimum Gasteiger partial charge on any atom is -0.339 e. The lowest BCUT2D eigenvalue weighted by atomic mass is 10.0. The SMILES string of the molecule is CCCCCCCCCCCCCCCCCC(=O)NC(NC(=S)Nc1cc(C)ccc1C)C(Cl)(Cl)Cl. The fourth-order valence-corrected chi connectivity index (χ4v) is 4.80. The van der Waals surface area contributed by atoms with E-state index < -0.39 is 9.96 Å². The Morgan fingerprint density at radius 1 is 0.811 bits per heavy atom. The molecule has 1 rings (SSSR count). The molecule has 0 radical (unpaired) electrons. The van der Waals surface area contributed by atoms with E-state index in [-0.39, 0.29) is 11.0 Å². The van der Waals surface area contributed by atoms with Crippen LogP contribution in [0, 0.1) is 13.8 Å². The summed E-state index contributed by atoms with van der Waals surface area (Å²) in [5, 5.41) is 9.10. The Morgan fingerprint density at radius 2 is 1.30 bits per heavy atom. The van der Waals surface area contributed by atoms with Crippen molar-refractivity contribution in [3.63, 3.8) is 0 Å². The normalized spacial score (nSPS) is 12.3. The second-order valence-electron chi connectivity index (χ2n) is 10.2. The number of halogens is 3. The number of rotatable bonds is 19. The summed E-state index contributed by atoms with van der Waals surface area (Å²) in [6.45, 7) is 6.25. The largest absolute Gasteiger partial charge is 0.339 e. The molecule has 0 heterocycles. The van der Waals surface area contributed by atoms with Gasteiger partial charge in [0.2, 0.25) is 9.70 Å². The molecule has 3 N–H and O–H groups in total. The first kappa shape index (κ1) is 34.3. The number of thiocarbonyl (C=S) groups is 1. The van der Waals surface area contributed by atoms with Crippen molar-refractivity contribution in [1.29, 1.82) is 0 Å². The number of amides is 1. The highest BCUT2D eigenvalue weighted by Crippen LogP contribution is 2.29. The number of unbranched alkanes of at least 4 members (excludes halogenated alkanes) is 14. The Morgan fingerprint density at radius 3 is 1.78 bits per heavy atom. The Balaban J connectivity index is 2.17. The van der Waals surface area contributed by atoms with Crippen LogP contribution in [0.2, 0.25) is 0 Å². The molecule has 1 unspecified atom stereocenters. The Hall–Kier alpha value is -0.750. The number of carbonyl (C=O) groups excluding carboxylic acids is 1. The van der Waals surface area contributed by atoms with Gasteiger partial charge in [0.1, 0.15) is 6.17 Å². The van der Waals surface area contributed by atoms with E-state index in [1.165, 1.54) is 77.0 Å². The first-order valence-electron chi connectivity index (χ1n) is 14.1. The summed E-state index contributed by atoms with van der Waals surface area (Å²) in [5.74, 6) is -0.159. The average molecular weight is 593 g/mol. The van der Waals surface area contributed by atoms with Crippen molar-refractivity contribution < 1.29 is 4.79 Å². The number of anilines is 1. The van der Waals surface area contributed by atoms with Gasteiger partial charge in [-0.3, -0.25) is 4.79 Å². The lowest BCUT2D eigenvalue weighted by Gasteiger charge is -2.28. The molecule has 0 spiro atoms. The molecule has 4 nitrogen and oxygen atoms in total. The van der Waals surface area contributed by atoms with Crippen LogP contribution in [0.3, 0.4) is 0 Å². The number of hydrogen-bond donors (Lipinski definition) is 3. The zero-order chi connectivity index (χ0) is 27.5. The van der Waals surface area contributed by atoms with Crippen LogP contribution in [0.25, 0.3) is 0 Å².